The predicted octanol–water partition coefficient (Wildman–Crippen LogP) is 5.53. The van der Waals surface area contributed by atoms with Crippen molar-refractivity contribution in [3.63, 3.8) is 0 Å². The van der Waals surface area contributed by atoms with E-state index >= 15 is 0 Å². The van der Waals surface area contributed by atoms with Crippen LogP contribution in [0, 0.1) is 13.8 Å². The molecule has 0 aliphatic heterocycles. The van der Waals surface area contributed by atoms with Crippen LogP contribution in [0.2, 0.25) is 36.5 Å². The van der Waals surface area contributed by atoms with Crippen LogP contribution in [0.3, 0.4) is 0 Å². The molecular weight excluding hydrogens is 419 g/mol. The van der Waals surface area contributed by atoms with Crippen molar-refractivity contribution in [3.05, 3.63) is 57.1 Å². The Labute approximate surface area is 176 Å². The highest BCUT2D eigenvalue weighted by Crippen LogP contribution is 2.11. The lowest BCUT2D eigenvalue weighted by Gasteiger charge is -2.01. The Hall–Kier alpha value is -1.96. The molecule has 0 unspecified atom stereocenters. The molecule has 0 bridgehead atoms. The van der Waals surface area contributed by atoms with E-state index in [4.69, 9.17) is 28.3 Å². The maximum Gasteiger partial charge on any atom is 0.338 e. The van der Waals surface area contributed by atoms with Crippen LogP contribution in [0.15, 0.2) is 24.3 Å². The van der Waals surface area contributed by atoms with E-state index in [9.17, 15) is 9.59 Å². The fourth-order valence-corrected chi connectivity index (χ4v) is 2.12. The molecule has 6 nitrogen and oxygen atoms in total. The van der Waals surface area contributed by atoms with Gasteiger partial charge in [0.05, 0.1) is 18.2 Å². The summed E-state index contributed by atoms with van der Waals surface area (Å²) in [5.74, 6) is -1.39. The van der Waals surface area contributed by atoms with Crippen molar-refractivity contribution < 1.29 is 19.4 Å². The lowest BCUT2D eigenvalue weighted by Crippen LogP contribution is -2.10. The number of carboxylic acids is 1. The number of methoxy groups -OCH3 is 1. The maximum absolute atomic E-state index is 11.0. The predicted molar refractivity (Wildman–Crippen MR) is 115 cm³/mol. The fourth-order valence-electron chi connectivity index (χ4n) is 1.62. The molecule has 1 N–H and O–H groups in total. The van der Waals surface area contributed by atoms with Gasteiger partial charge in [0.25, 0.3) is 0 Å². The molecule has 2 heterocycles. The Kier molecular flexibility index (Phi) is 11.0. The third kappa shape index (κ3) is 12.4. The van der Waals surface area contributed by atoms with E-state index in [0.29, 0.717) is 22.1 Å². The van der Waals surface area contributed by atoms with Crippen molar-refractivity contribution in [3.8, 4) is 0 Å². The van der Waals surface area contributed by atoms with Gasteiger partial charge in [-0.2, -0.15) is 0 Å². The molecule has 0 saturated carbocycles. The van der Waals surface area contributed by atoms with Crippen molar-refractivity contribution in [1.29, 1.82) is 0 Å². The van der Waals surface area contributed by atoms with Gasteiger partial charge in [-0.1, -0.05) is 49.4 Å². The minimum atomic E-state index is -0.989. The van der Waals surface area contributed by atoms with E-state index in [1.165, 1.54) is 25.3 Å². The second-order valence-corrected chi connectivity index (χ2v) is 14.2. The zero-order chi connectivity index (χ0) is 22.1. The highest BCUT2D eigenvalue weighted by Gasteiger charge is 2.07. The quantitative estimate of drug-likeness (QED) is 0.372. The Bertz CT molecular complexity index is 778. The van der Waals surface area contributed by atoms with Crippen LogP contribution < -0.4 is 0 Å². The highest BCUT2D eigenvalue weighted by molar-refractivity contribution is 6.74. The molecule has 0 amide bonds. The largest absolute Gasteiger partial charge is 0.478 e. The fraction of sp³-hybridized carbons (Fsp3) is 0.368. The Morgan fingerprint density at radius 1 is 0.893 bits per heavy atom. The summed E-state index contributed by atoms with van der Waals surface area (Å²) in [6.45, 7) is 12.8. The van der Waals surface area contributed by atoms with Gasteiger partial charge in [-0.3, -0.25) is 0 Å². The summed E-state index contributed by atoms with van der Waals surface area (Å²) in [5.41, 5.74) is 1.90. The third-order valence-corrected chi connectivity index (χ3v) is 2.90. The van der Waals surface area contributed by atoms with E-state index in [-0.39, 0.29) is 10.7 Å². The number of esters is 1. The summed E-state index contributed by atoms with van der Waals surface area (Å²) in [7, 11) is 0.714. The number of aryl methyl sites for hydroxylation is 2. The molecule has 0 aliphatic carbocycles. The number of carbonyl (C=O) groups is 2. The van der Waals surface area contributed by atoms with Crippen LogP contribution >= 0.6 is 23.2 Å². The maximum atomic E-state index is 11.0. The Morgan fingerprint density at radius 2 is 1.25 bits per heavy atom. The molecule has 2 aromatic rings. The number of carboxylic acid groups (broad SMARTS) is 1. The Morgan fingerprint density at radius 3 is 1.57 bits per heavy atom. The number of aromatic carboxylic acids is 1. The monoisotopic (exact) mass is 444 g/mol. The number of aromatic nitrogens is 2. The molecule has 0 fully saturated rings. The lowest BCUT2D eigenvalue weighted by molar-refractivity contribution is 0.0599. The van der Waals surface area contributed by atoms with E-state index < -0.39 is 20.0 Å². The first kappa shape index (κ1) is 26.0. The van der Waals surface area contributed by atoms with Gasteiger partial charge in [0.1, 0.15) is 10.3 Å². The molecule has 0 atom stereocenters. The van der Waals surface area contributed by atoms with Crippen LogP contribution in [0.25, 0.3) is 0 Å². The van der Waals surface area contributed by atoms with Crippen molar-refractivity contribution in [2.75, 3.05) is 7.11 Å². The molecule has 28 heavy (non-hydrogen) atoms. The van der Waals surface area contributed by atoms with Crippen molar-refractivity contribution in [2.45, 2.75) is 40.0 Å². The summed E-state index contributed by atoms with van der Waals surface area (Å²) in [6, 6.07) is 5.88. The minimum Gasteiger partial charge on any atom is -0.478 e. The van der Waals surface area contributed by atoms with Gasteiger partial charge in [0, 0.05) is 19.5 Å². The van der Waals surface area contributed by atoms with Gasteiger partial charge in [-0.25, -0.2) is 19.6 Å². The van der Waals surface area contributed by atoms with E-state index in [1.54, 1.807) is 19.9 Å². The molecule has 0 radical (unpaired) electrons. The zero-order valence-electron chi connectivity index (χ0n) is 17.1. The molecule has 154 valence electrons. The second kappa shape index (κ2) is 11.8. The Balaban J connectivity index is 0.000000424. The smallest absolute Gasteiger partial charge is 0.338 e. The summed E-state index contributed by atoms with van der Waals surface area (Å²) in [4.78, 5) is 29.2. The van der Waals surface area contributed by atoms with E-state index in [0.717, 1.165) is 0 Å². The van der Waals surface area contributed by atoms with Gasteiger partial charge in [-0.15, -0.1) is 0 Å². The first-order valence-electron chi connectivity index (χ1n) is 8.33. The number of ether oxygens (including phenoxy) is 1. The molecule has 0 saturated heterocycles. The summed E-state index contributed by atoms with van der Waals surface area (Å²) in [5, 5.41) is 9.06. The number of rotatable bonds is 2. The first-order valence-corrected chi connectivity index (χ1v) is 13.1. The molecule has 9 heteroatoms. The van der Waals surface area contributed by atoms with Crippen LogP contribution in [0.5, 0.6) is 0 Å². The molecule has 2 aromatic heterocycles. The average Bonchev–Trinajstić information content (AvgIpc) is 2.51. The average molecular weight is 445 g/mol. The standard InChI is InChI=1S/C8H8ClNO2.C7H6ClNO2.C4H12Si/c1-5-3-6(8(11)12-2)4-7(9)10-5;1-4-2-5(7(10)11)3-6(8)9-4;1-5(2,3)4/h3-4H,1-2H3;2-3H,1H3,(H,10,11);1-4H3. The number of nitrogens with zero attached hydrogens (tertiary/aromatic N) is 2. The summed E-state index contributed by atoms with van der Waals surface area (Å²) < 4.78 is 4.52. The van der Waals surface area contributed by atoms with Crippen LogP contribution in [0.1, 0.15) is 32.1 Å². The van der Waals surface area contributed by atoms with Crippen LogP contribution in [-0.4, -0.2) is 42.2 Å². The topological polar surface area (TPSA) is 89.4 Å². The molecule has 0 aromatic carbocycles. The van der Waals surface area contributed by atoms with Gasteiger partial charge < -0.3 is 9.84 Å². The highest BCUT2D eigenvalue weighted by atomic mass is 35.5. The SMILES string of the molecule is COC(=O)c1cc(C)nc(Cl)c1.C[Si](C)(C)C.Cc1cc(C(=O)O)cc(Cl)n1. The number of halogens is 2. The van der Waals surface area contributed by atoms with Crippen molar-refractivity contribution in [1.82, 2.24) is 9.97 Å². The molecule has 0 spiro atoms. The van der Waals surface area contributed by atoms with E-state index in [2.05, 4.69) is 40.9 Å². The first-order chi connectivity index (χ1) is 12.7. The molecule has 2 rings (SSSR count). The number of hydrogen-bond acceptors (Lipinski definition) is 5. The lowest BCUT2D eigenvalue weighted by atomic mass is 10.2. The third-order valence-electron chi connectivity index (χ3n) is 2.51. The number of carbonyl (C=O) groups excluding carboxylic acids is 1. The van der Waals surface area contributed by atoms with Gasteiger partial charge in [0.15, 0.2) is 0 Å². The van der Waals surface area contributed by atoms with E-state index in [1.807, 2.05) is 0 Å². The van der Waals surface area contributed by atoms with Gasteiger partial charge >= 0.3 is 11.9 Å². The molecule has 0 aliphatic rings. The van der Waals surface area contributed by atoms with Gasteiger partial charge in [0.2, 0.25) is 0 Å². The van der Waals surface area contributed by atoms with Crippen molar-refractivity contribution in [2.24, 2.45) is 0 Å². The van der Waals surface area contributed by atoms with Gasteiger partial charge in [-0.05, 0) is 38.1 Å². The normalized spacial score (nSPS) is 10.0. The number of hydrogen-bond donors (Lipinski definition) is 1. The summed E-state index contributed by atoms with van der Waals surface area (Å²) >= 11 is 11.2. The minimum absolute atomic E-state index is 0.169. The van der Waals surface area contributed by atoms with Crippen molar-refractivity contribution >= 4 is 43.2 Å². The number of pyridine rings is 2. The zero-order valence-corrected chi connectivity index (χ0v) is 19.6. The van der Waals surface area contributed by atoms with Crippen LogP contribution in [0.4, 0.5) is 0 Å². The summed E-state index contributed by atoms with van der Waals surface area (Å²) in [6.07, 6.45) is 0. The molecular formula is C19H26Cl2N2O4Si. The second-order valence-electron chi connectivity index (χ2n) is 7.44. The van der Waals surface area contributed by atoms with Crippen LogP contribution in [-0.2, 0) is 4.74 Å².